The van der Waals surface area contributed by atoms with Gasteiger partial charge in [-0.2, -0.15) is 0 Å². The van der Waals surface area contributed by atoms with Gasteiger partial charge in [-0.15, -0.1) is 0 Å². The molecule has 10 heteroatoms. The van der Waals surface area contributed by atoms with Crippen molar-refractivity contribution in [2.24, 2.45) is 0 Å². The van der Waals surface area contributed by atoms with Gasteiger partial charge in [-0.1, -0.05) is 23.2 Å². The van der Waals surface area contributed by atoms with Gasteiger partial charge in [0, 0.05) is 0 Å². The lowest BCUT2D eigenvalue weighted by Gasteiger charge is -2.04. The van der Waals surface area contributed by atoms with Crippen molar-refractivity contribution in [2.75, 3.05) is 0 Å². The van der Waals surface area contributed by atoms with E-state index in [9.17, 15) is 24.1 Å². The van der Waals surface area contributed by atoms with Gasteiger partial charge in [0.2, 0.25) is 0 Å². The second kappa shape index (κ2) is 4.07. The Balaban J connectivity index is 3.18. The molecule has 1 aromatic heterocycles. The van der Waals surface area contributed by atoms with Crippen molar-refractivity contribution in [3.05, 3.63) is 46.7 Å². The third kappa shape index (κ3) is 1.66. The molecule has 2 rings (SSSR count). The number of nitrogens with zero attached hydrogens (tertiary/aromatic N) is 1. The molecule has 0 unspecified atom stereocenters. The van der Waals surface area contributed by atoms with Crippen molar-refractivity contribution >= 4 is 39.9 Å². The number of aromatic nitrogens is 2. The summed E-state index contributed by atoms with van der Waals surface area (Å²) in [7, 11) is 0. The van der Waals surface area contributed by atoms with Gasteiger partial charge < -0.3 is 9.97 Å². The maximum absolute atomic E-state index is 13.7. The summed E-state index contributed by atoms with van der Waals surface area (Å²) in [5.74, 6) is -1.16. The molecule has 0 atom stereocenters. The van der Waals surface area contributed by atoms with Crippen molar-refractivity contribution in [1.29, 1.82) is 0 Å². The maximum atomic E-state index is 13.7. The molecule has 18 heavy (non-hydrogen) atoms. The largest absolute Gasteiger partial charge is 0.315 e. The number of rotatable bonds is 1. The van der Waals surface area contributed by atoms with E-state index < -0.39 is 48.6 Å². The molecule has 7 nitrogen and oxygen atoms in total. The molecular weight excluding hydrogens is 292 g/mol. The van der Waals surface area contributed by atoms with Gasteiger partial charge >= 0.3 is 16.8 Å². The number of hydrogen-bond acceptors (Lipinski definition) is 4. The van der Waals surface area contributed by atoms with Gasteiger partial charge in [0.15, 0.2) is 5.82 Å². The lowest BCUT2D eigenvalue weighted by atomic mass is 10.2. The zero-order valence-corrected chi connectivity index (χ0v) is 9.73. The summed E-state index contributed by atoms with van der Waals surface area (Å²) in [6.07, 6.45) is 0. The molecule has 0 aliphatic carbocycles. The Morgan fingerprint density at radius 3 is 2.06 bits per heavy atom. The molecular formula is C8H2Cl2FN3O4. The normalized spacial score (nSPS) is 10.8. The standard InChI is InChI=1S/C8H2Cl2FN3O4/c9-1-2(10)6(14(17)18)5-4(3(1)11)12-7(15)8(16)13-5/h(H,12,15)(H,13,16). The van der Waals surface area contributed by atoms with Crippen LogP contribution in [0, 0.1) is 15.9 Å². The minimum Gasteiger partial charge on any atom is -0.313 e. The van der Waals surface area contributed by atoms with Crippen molar-refractivity contribution in [3.8, 4) is 0 Å². The average Bonchev–Trinajstić information content (AvgIpc) is 2.29. The molecule has 94 valence electrons. The second-order valence-electron chi connectivity index (χ2n) is 3.21. The predicted octanol–water partition coefficient (Wildman–Crippen LogP) is 1.57. The second-order valence-corrected chi connectivity index (χ2v) is 3.96. The molecule has 0 aliphatic rings. The lowest BCUT2D eigenvalue weighted by Crippen LogP contribution is -2.29. The van der Waals surface area contributed by atoms with Crippen LogP contribution in [0.1, 0.15) is 0 Å². The molecule has 0 amide bonds. The fourth-order valence-corrected chi connectivity index (χ4v) is 1.83. The minimum atomic E-state index is -1.16. The Kier molecular flexibility index (Phi) is 2.83. The van der Waals surface area contributed by atoms with Crippen molar-refractivity contribution < 1.29 is 9.31 Å². The predicted molar refractivity (Wildman–Crippen MR) is 61.8 cm³/mol. The highest BCUT2D eigenvalue weighted by Gasteiger charge is 2.26. The minimum absolute atomic E-state index is 0.531. The van der Waals surface area contributed by atoms with E-state index in [0.717, 1.165) is 0 Å². The highest BCUT2D eigenvalue weighted by Crippen LogP contribution is 2.38. The van der Waals surface area contributed by atoms with E-state index in [4.69, 9.17) is 23.2 Å². The number of benzene rings is 1. The Bertz CT molecular complexity index is 797. The first-order chi connectivity index (χ1) is 8.34. The molecule has 0 saturated carbocycles. The van der Waals surface area contributed by atoms with Crippen LogP contribution in [0.4, 0.5) is 10.1 Å². The number of H-pyrrole nitrogens is 2. The van der Waals surface area contributed by atoms with Gasteiger partial charge in [-0.3, -0.25) is 19.7 Å². The van der Waals surface area contributed by atoms with Crippen LogP contribution in [0.2, 0.25) is 10.0 Å². The van der Waals surface area contributed by atoms with E-state index in [0.29, 0.717) is 0 Å². The van der Waals surface area contributed by atoms with E-state index in [1.54, 1.807) is 0 Å². The Hall–Kier alpha value is -1.93. The van der Waals surface area contributed by atoms with Crippen LogP contribution < -0.4 is 11.1 Å². The average molecular weight is 294 g/mol. The molecule has 0 aliphatic heterocycles. The molecule has 2 aromatic rings. The summed E-state index contributed by atoms with van der Waals surface area (Å²) in [4.78, 5) is 35.8. The van der Waals surface area contributed by atoms with Crippen LogP contribution in [0.25, 0.3) is 11.0 Å². The summed E-state index contributed by atoms with van der Waals surface area (Å²) in [6.45, 7) is 0. The van der Waals surface area contributed by atoms with Gasteiger partial charge in [0.25, 0.3) is 0 Å². The first kappa shape index (κ1) is 12.5. The first-order valence-electron chi connectivity index (χ1n) is 4.31. The number of nitro benzene ring substituents is 1. The Labute approximate surface area is 106 Å². The third-order valence-corrected chi connectivity index (χ3v) is 2.99. The van der Waals surface area contributed by atoms with Crippen LogP contribution in [0.3, 0.4) is 0 Å². The van der Waals surface area contributed by atoms with Crippen molar-refractivity contribution in [1.82, 2.24) is 9.97 Å². The molecule has 0 fully saturated rings. The smallest absolute Gasteiger partial charge is 0.313 e. The summed E-state index contributed by atoms with van der Waals surface area (Å²) >= 11 is 11.0. The molecule has 0 bridgehead atoms. The van der Waals surface area contributed by atoms with E-state index in [-0.39, 0.29) is 0 Å². The number of hydrogen-bond donors (Lipinski definition) is 2. The summed E-state index contributed by atoms with van der Waals surface area (Å²) < 4.78 is 13.7. The Morgan fingerprint density at radius 1 is 1.06 bits per heavy atom. The van der Waals surface area contributed by atoms with Crippen LogP contribution >= 0.6 is 23.2 Å². The van der Waals surface area contributed by atoms with Crippen LogP contribution in [-0.4, -0.2) is 14.9 Å². The Morgan fingerprint density at radius 2 is 1.56 bits per heavy atom. The molecule has 0 radical (unpaired) electrons. The van der Waals surface area contributed by atoms with Crippen molar-refractivity contribution in [2.45, 2.75) is 0 Å². The quantitative estimate of drug-likeness (QED) is 0.360. The van der Waals surface area contributed by atoms with E-state index in [1.807, 2.05) is 9.97 Å². The topological polar surface area (TPSA) is 109 Å². The molecule has 1 heterocycles. The maximum Gasteiger partial charge on any atom is 0.315 e. The monoisotopic (exact) mass is 293 g/mol. The molecule has 0 spiro atoms. The number of nitrogens with one attached hydrogen (secondary N) is 2. The van der Waals surface area contributed by atoms with Gasteiger partial charge in [0.05, 0.1) is 4.92 Å². The van der Waals surface area contributed by atoms with E-state index in [1.165, 1.54) is 0 Å². The SMILES string of the molecule is O=c1[nH]c2c(F)c(Cl)c(Cl)c([N+](=O)[O-])c2[nH]c1=O. The van der Waals surface area contributed by atoms with Crippen LogP contribution in [-0.2, 0) is 0 Å². The first-order valence-corrected chi connectivity index (χ1v) is 5.07. The highest BCUT2D eigenvalue weighted by molar-refractivity contribution is 6.44. The summed E-state index contributed by atoms with van der Waals surface area (Å²) in [6, 6.07) is 0. The van der Waals surface area contributed by atoms with E-state index >= 15 is 0 Å². The third-order valence-electron chi connectivity index (χ3n) is 2.17. The van der Waals surface area contributed by atoms with Gasteiger partial charge in [-0.05, 0) is 0 Å². The molecule has 0 saturated heterocycles. The summed E-state index contributed by atoms with van der Waals surface area (Å²) in [5, 5.41) is 9.45. The number of halogens is 3. The number of nitro groups is 1. The fraction of sp³-hybridized carbons (Fsp3) is 0. The molecule has 2 N–H and O–H groups in total. The zero-order chi connectivity index (χ0) is 13.6. The van der Waals surface area contributed by atoms with Gasteiger partial charge in [0.1, 0.15) is 21.1 Å². The van der Waals surface area contributed by atoms with E-state index in [2.05, 4.69) is 0 Å². The van der Waals surface area contributed by atoms with Crippen LogP contribution in [0.15, 0.2) is 9.59 Å². The van der Waals surface area contributed by atoms with Crippen LogP contribution in [0.5, 0.6) is 0 Å². The lowest BCUT2D eigenvalue weighted by molar-refractivity contribution is -0.383. The summed E-state index contributed by atoms with van der Waals surface area (Å²) in [5.41, 5.74) is -4.22. The number of aromatic amines is 2. The zero-order valence-electron chi connectivity index (χ0n) is 8.21. The number of fused-ring (bicyclic) bond motifs is 1. The van der Waals surface area contributed by atoms with Gasteiger partial charge in [-0.25, -0.2) is 4.39 Å². The highest BCUT2D eigenvalue weighted by atomic mass is 35.5. The van der Waals surface area contributed by atoms with Crippen molar-refractivity contribution in [3.63, 3.8) is 0 Å². The fourth-order valence-electron chi connectivity index (χ4n) is 1.40. The molecule has 1 aromatic carbocycles.